The van der Waals surface area contributed by atoms with Crippen molar-refractivity contribution in [3.8, 4) is 23.0 Å². The van der Waals surface area contributed by atoms with Crippen LogP contribution in [0.3, 0.4) is 0 Å². The summed E-state index contributed by atoms with van der Waals surface area (Å²) in [6, 6.07) is 15.2. The van der Waals surface area contributed by atoms with Gasteiger partial charge in [0.05, 0.1) is 39.0 Å². The number of carbonyl (C=O) groups excluding carboxylic acids is 2. The van der Waals surface area contributed by atoms with Gasteiger partial charge in [-0.1, -0.05) is 41.9 Å². The highest BCUT2D eigenvalue weighted by Gasteiger charge is 2.34. The highest BCUT2D eigenvalue weighted by atomic mass is 79.9. The van der Waals surface area contributed by atoms with E-state index >= 15 is 0 Å². The standard InChI is InChI=1S/C32H40BrN3O8S/c1-21(2)18-34-32(38)22(3)35(19-23-8-10-24(33)11-9-23)31(37)20-36(27-16-25(41-4)12-14-28(27)42-5)45(39,40)26-13-15-29(43-6)30(17-26)44-7/h8-17,21-22H,18-20H2,1-7H3,(H,34,38)/t22-/m1/s1. The number of nitrogens with zero attached hydrogens (tertiary/aromatic N) is 2. The summed E-state index contributed by atoms with van der Waals surface area (Å²) in [5.41, 5.74) is 0.823. The lowest BCUT2D eigenvalue weighted by molar-refractivity contribution is -0.139. The first-order chi connectivity index (χ1) is 21.4. The Bertz CT molecular complexity index is 1580. The summed E-state index contributed by atoms with van der Waals surface area (Å²) in [5.74, 6) is 0.282. The first-order valence-electron chi connectivity index (χ1n) is 14.1. The fourth-order valence-electron chi connectivity index (χ4n) is 4.43. The van der Waals surface area contributed by atoms with Crippen molar-refractivity contribution in [2.45, 2.75) is 38.3 Å². The molecule has 0 radical (unpaired) electrons. The van der Waals surface area contributed by atoms with Crippen LogP contribution in [0.25, 0.3) is 0 Å². The number of nitrogens with one attached hydrogen (secondary N) is 1. The van der Waals surface area contributed by atoms with Crippen LogP contribution in [-0.4, -0.2) is 72.7 Å². The molecule has 1 atom stereocenters. The number of halogens is 1. The van der Waals surface area contributed by atoms with Gasteiger partial charge in [-0.15, -0.1) is 0 Å². The monoisotopic (exact) mass is 705 g/mol. The zero-order valence-electron chi connectivity index (χ0n) is 26.5. The molecule has 11 nitrogen and oxygen atoms in total. The highest BCUT2D eigenvalue weighted by molar-refractivity contribution is 9.10. The summed E-state index contributed by atoms with van der Waals surface area (Å²) in [5, 5.41) is 2.88. The van der Waals surface area contributed by atoms with Crippen molar-refractivity contribution in [1.29, 1.82) is 0 Å². The van der Waals surface area contributed by atoms with E-state index in [1.54, 1.807) is 19.1 Å². The highest BCUT2D eigenvalue weighted by Crippen LogP contribution is 2.37. The Labute approximate surface area is 273 Å². The van der Waals surface area contributed by atoms with Crippen LogP contribution in [0.4, 0.5) is 5.69 Å². The Morgan fingerprint density at radius 2 is 1.44 bits per heavy atom. The van der Waals surface area contributed by atoms with Crippen molar-refractivity contribution in [2.24, 2.45) is 5.92 Å². The number of carbonyl (C=O) groups is 2. The molecule has 3 rings (SSSR count). The van der Waals surface area contributed by atoms with Crippen LogP contribution in [0.2, 0.25) is 0 Å². The van der Waals surface area contributed by atoms with Crippen molar-refractivity contribution >= 4 is 43.5 Å². The number of sulfonamides is 1. The van der Waals surface area contributed by atoms with Gasteiger partial charge in [0.2, 0.25) is 11.8 Å². The molecule has 45 heavy (non-hydrogen) atoms. The molecule has 0 heterocycles. The quantitative estimate of drug-likeness (QED) is 0.238. The van der Waals surface area contributed by atoms with Gasteiger partial charge in [-0.25, -0.2) is 8.42 Å². The molecule has 0 spiro atoms. The van der Waals surface area contributed by atoms with E-state index in [0.717, 1.165) is 14.3 Å². The number of anilines is 1. The van der Waals surface area contributed by atoms with E-state index in [9.17, 15) is 18.0 Å². The van der Waals surface area contributed by atoms with Gasteiger partial charge in [0, 0.05) is 29.7 Å². The number of ether oxygens (including phenoxy) is 4. The molecule has 0 aliphatic heterocycles. The van der Waals surface area contributed by atoms with Crippen molar-refractivity contribution in [3.63, 3.8) is 0 Å². The molecule has 0 saturated heterocycles. The maximum absolute atomic E-state index is 14.4. The van der Waals surface area contributed by atoms with Gasteiger partial charge in [-0.2, -0.15) is 0 Å². The number of hydrogen-bond donors (Lipinski definition) is 1. The second-order valence-corrected chi connectivity index (χ2v) is 13.3. The summed E-state index contributed by atoms with van der Waals surface area (Å²) in [4.78, 5) is 28.7. The van der Waals surface area contributed by atoms with Crippen molar-refractivity contribution < 1.29 is 37.0 Å². The van der Waals surface area contributed by atoms with E-state index in [-0.39, 0.29) is 40.5 Å². The molecule has 2 amide bonds. The fourth-order valence-corrected chi connectivity index (χ4v) is 6.13. The molecule has 0 bridgehead atoms. The van der Waals surface area contributed by atoms with Crippen LogP contribution < -0.4 is 28.6 Å². The van der Waals surface area contributed by atoms with Gasteiger partial charge in [-0.05, 0) is 54.8 Å². The van der Waals surface area contributed by atoms with E-state index in [1.165, 1.54) is 57.6 Å². The molecule has 0 saturated carbocycles. The predicted molar refractivity (Wildman–Crippen MR) is 176 cm³/mol. The first kappa shape index (κ1) is 35.5. The van der Waals surface area contributed by atoms with Crippen molar-refractivity contribution in [3.05, 3.63) is 70.7 Å². The molecule has 0 aliphatic rings. The van der Waals surface area contributed by atoms with Gasteiger partial charge in [0.15, 0.2) is 11.5 Å². The molecule has 0 aromatic heterocycles. The Hall–Kier alpha value is -3.97. The minimum Gasteiger partial charge on any atom is -0.497 e. The van der Waals surface area contributed by atoms with Crippen LogP contribution in [0, 0.1) is 5.92 Å². The van der Waals surface area contributed by atoms with Gasteiger partial charge < -0.3 is 29.2 Å². The lowest BCUT2D eigenvalue weighted by Crippen LogP contribution is -2.51. The van der Waals surface area contributed by atoms with Gasteiger partial charge in [0.1, 0.15) is 24.1 Å². The normalized spacial score (nSPS) is 11.8. The molecule has 0 fully saturated rings. The van der Waals surface area contributed by atoms with E-state index in [1.807, 2.05) is 38.1 Å². The number of methoxy groups -OCH3 is 4. The summed E-state index contributed by atoms with van der Waals surface area (Å²) in [6.45, 7) is 5.37. The first-order valence-corrected chi connectivity index (χ1v) is 16.4. The second-order valence-electron chi connectivity index (χ2n) is 10.5. The van der Waals surface area contributed by atoms with E-state index in [0.29, 0.717) is 18.0 Å². The fraction of sp³-hybridized carbons (Fsp3) is 0.375. The lowest BCUT2D eigenvalue weighted by atomic mass is 10.1. The second kappa shape index (κ2) is 15.8. The molecule has 244 valence electrons. The molecule has 3 aromatic carbocycles. The molecule has 0 aliphatic carbocycles. The number of benzene rings is 3. The molecular formula is C32H40BrN3O8S. The Kier molecular flexibility index (Phi) is 12.5. The lowest BCUT2D eigenvalue weighted by Gasteiger charge is -2.32. The average molecular weight is 707 g/mol. The summed E-state index contributed by atoms with van der Waals surface area (Å²) < 4.78 is 52.1. The number of amides is 2. The van der Waals surface area contributed by atoms with Crippen LogP contribution >= 0.6 is 15.9 Å². The van der Waals surface area contributed by atoms with Crippen molar-refractivity contribution in [2.75, 3.05) is 45.8 Å². The van der Waals surface area contributed by atoms with E-state index < -0.39 is 28.5 Å². The molecular weight excluding hydrogens is 666 g/mol. The Morgan fingerprint density at radius 3 is 2.02 bits per heavy atom. The summed E-state index contributed by atoms with van der Waals surface area (Å²) in [7, 11) is 1.24. The topological polar surface area (TPSA) is 124 Å². The van der Waals surface area contributed by atoms with Crippen molar-refractivity contribution in [1.82, 2.24) is 10.2 Å². The molecule has 0 unspecified atom stereocenters. The van der Waals surface area contributed by atoms with E-state index in [2.05, 4.69) is 21.2 Å². The van der Waals surface area contributed by atoms with Gasteiger partial charge >= 0.3 is 0 Å². The van der Waals surface area contributed by atoms with E-state index in [4.69, 9.17) is 18.9 Å². The Balaban J connectivity index is 2.15. The van der Waals surface area contributed by atoms with Gasteiger partial charge in [0.25, 0.3) is 10.0 Å². The number of hydrogen-bond acceptors (Lipinski definition) is 8. The average Bonchev–Trinajstić information content (AvgIpc) is 3.04. The minimum atomic E-state index is -4.44. The van der Waals surface area contributed by atoms with Crippen LogP contribution in [0.5, 0.6) is 23.0 Å². The largest absolute Gasteiger partial charge is 0.497 e. The predicted octanol–water partition coefficient (Wildman–Crippen LogP) is 4.87. The molecule has 3 aromatic rings. The zero-order chi connectivity index (χ0) is 33.3. The maximum Gasteiger partial charge on any atom is 0.265 e. The Morgan fingerprint density at radius 1 is 0.822 bits per heavy atom. The maximum atomic E-state index is 14.4. The third kappa shape index (κ3) is 8.82. The summed E-state index contributed by atoms with van der Waals surface area (Å²) in [6.07, 6.45) is 0. The minimum absolute atomic E-state index is 0.0574. The van der Waals surface area contributed by atoms with Crippen LogP contribution in [0.1, 0.15) is 26.3 Å². The third-order valence-corrected chi connectivity index (χ3v) is 9.28. The zero-order valence-corrected chi connectivity index (χ0v) is 28.9. The molecule has 13 heteroatoms. The smallest absolute Gasteiger partial charge is 0.265 e. The SMILES string of the molecule is COc1ccc(OC)c(N(CC(=O)N(Cc2ccc(Br)cc2)[C@H](C)C(=O)NCC(C)C)S(=O)(=O)c2ccc(OC)c(OC)c2)c1. The molecule has 1 N–H and O–H groups in total. The van der Waals surface area contributed by atoms with Crippen LogP contribution in [-0.2, 0) is 26.2 Å². The van der Waals surface area contributed by atoms with Crippen LogP contribution in [0.15, 0.2) is 70.0 Å². The third-order valence-electron chi connectivity index (χ3n) is 6.99. The van der Waals surface area contributed by atoms with Gasteiger partial charge in [-0.3, -0.25) is 13.9 Å². The number of rotatable bonds is 15. The summed E-state index contributed by atoms with van der Waals surface area (Å²) >= 11 is 3.42.